The van der Waals surface area contributed by atoms with Gasteiger partial charge in [0.2, 0.25) is 0 Å². The van der Waals surface area contributed by atoms with E-state index >= 15 is 0 Å². The number of aromatic nitrogens is 2. The van der Waals surface area contributed by atoms with Gasteiger partial charge in [0.25, 0.3) is 0 Å². The van der Waals surface area contributed by atoms with Gasteiger partial charge in [-0.2, -0.15) is 61.5 Å². The molecule has 1 aromatic heterocycles. The van der Waals surface area contributed by atoms with E-state index < -0.39 is 71.5 Å². The number of hydrogen-bond acceptors (Lipinski definition) is 3. The largest absolute Gasteiger partial charge is 0.384 e. The van der Waals surface area contributed by atoms with Gasteiger partial charge < -0.3 is 9.13 Å². The molecule has 0 N–H and O–H groups in total. The first kappa shape index (κ1) is 34.2. The fourth-order valence-electron chi connectivity index (χ4n) is 2.89. The maximum atomic E-state index is 14.2. The van der Waals surface area contributed by atoms with Gasteiger partial charge in [0.05, 0.1) is 0 Å². The van der Waals surface area contributed by atoms with E-state index in [1.54, 1.807) is 20.8 Å². The molecular weight excluding hydrogens is 606 g/mol. The van der Waals surface area contributed by atoms with Crippen molar-refractivity contribution in [3.05, 3.63) is 4.77 Å². The van der Waals surface area contributed by atoms with Gasteiger partial charge in [-0.3, -0.25) is 0 Å². The Balaban J connectivity index is 3.47. The van der Waals surface area contributed by atoms with Crippen LogP contribution in [0.15, 0.2) is 10.1 Å². The monoisotopic (exact) mass is 626 g/mol. The van der Waals surface area contributed by atoms with Crippen LogP contribution in [-0.2, 0) is 13.1 Å². The van der Waals surface area contributed by atoms with Gasteiger partial charge in [-0.1, -0.05) is 20.8 Å². The smallest absolute Gasteiger partial charge is 0.311 e. The summed E-state index contributed by atoms with van der Waals surface area (Å²) in [4.78, 5) is 0. The molecule has 0 aliphatic rings. The Morgan fingerprint density at radius 3 is 1.32 bits per heavy atom. The molecule has 0 saturated carbocycles. The van der Waals surface area contributed by atoms with Crippen LogP contribution in [0.2, 0.25) is 0 Å². The number of halogens is 14. The fraction of sp³-hybridized carbons (Fsp3) is 0.833. The lowest BCUT2D eigenvalue weighted by Crippen LogP contribution is -2.72. The first-order valence-corrected chi connectivity index (χ1v) is 11.1. The van der Waals surface area contributed by atoms with Gasteiger partial charge in [-0.05, 0) is 17.6 Å². The molecule has 0 amide bonds. The third-order valence-electron chi connectivity index (χ3n) is 5.04. The number of imidazole rings is 1. The minimum Gasteiger partial charge on any atom is -0.311 e. The van der Waals surface area contributed by atoms with Crippen LogP contribution in [0.4, 0.5) is 61.5 Å². The lowest BCUT2D eigenvalue weighted by molar-refractivity contribution is -0.440. The highest BCUT2D eigenvalue weighted by Crippen LogP contribution is 2.62. The number of thiol groups is 2. The number of hydrogen-bond donors (Lipinski definition) is 2. The number of nitrogens with zero attached hydrogens (tertiary/aromatic N) is 2. The number of rotatable bonds is 10. The van der Waals surface area contributed by atoms with Crippen molar-refractivity contribution in [3.63, 3.8) is 0 Å². The maximum absolute atomic E-state index is 14.2. The van der Waals surface area contributed by atoms with Gasteiger partial charge in [0.1, 0.15) is 10.1 Å². The van der Waals surface area contributed by atoms with E-state index in [1.165, 1.54) is 4.57 Å². The molecule has 0 aliphatic carbocycles. The van der Waals surface area contributed by atoms with Crippen molar-refractivity contribution in [1.29, 1.82) is 0 Å². The van der Waals surface area contributed by atoms with E-state index in [4.69, 9.17) is 12.2 Å². The minimum absolute atomic E-state index is 0.0629. The van der Waals surface area contributed by atoms with E-state index in [-0.39, 0.29) is 16.6 Å². The summed E-state index contributed by atoms with van der Waals surface area (Å²) < 4.78 is 193. The maximum Gasteiger partial charge on any atom is 0.384 e. The standard InChI is InChI=1S/C18H20F14N2S3/c1-11(2,3)7-34-9(36)8(35)33(10(34)37)6-5-13(21,22)15(25,26)17(29,30)18(31,32)16(27,28)14(23,24)12(4,19)20/h35-36H,5-7H2,1-4H3. The predicted molar refractivity (Wildman–Crippen MR) is 112 cm³/mol. The van der Waals surface area contributed by atoms with Gasteiger partial charge in [0.15, 0.2) is 4.77 Å². The predicted octanol–water partition coefficient (Wildman–Crippen LogP) is 8.50. The molecule has 0 spiro atoms. The summed E-state index contributed by atoms with van der Waals surface area (Å²) >= 11 is 12.9. The van der Waals surface area contributed by atoms with Crippen molar-refractivity contribution in [2.45, 2.75) is 98.7 Å². The van der Waals surface area contributed by atoms with E-state index in [1.807, 2.05) is 0 Å². The second-order valence-electron chi connectivity index (χ2n) is 9.44. The Morgan fingerprint density at radius 1 is 0.595 bits per heavy atom. The summed E-state index contributed by atoms with van der Waals surface area (Å²) in [7, 11) is 0. The third kappa shape index (κ3) is 5.45. The molecule has 1 aromatic rings. The van der Waals surface area contributed by atoms with Crippen LogP contribution in [-0.4, -0.2) is 50.6 Å². The Labute approximate surface area is 217 Å². The van der Waals surface area contributed by atoms with Crippen molar-refractivity contribution in [2.24, 2.45) is 5.41 Å². The summed E-state index contributed by atoms with van der Waals surface area (Å²) in [5.41, 5.74) is -0.519. The lowest BCUT2D eigenvalue weighted by Gasteiger charge is -2.42. The highest BCUT2D eigenvalue weighted by atomic mass is 32.1. The molecule has 0 aliphatic heterocycles. The van der Waals surface area contributed by atoms with Crippen LogP contribution in [0.25, 0.3) is 0 Å². The average molecular weight is 627 g/mol. The molecule has 19 heteroatoms. The molecule has 218 valence electrons. The molecule has 1 rings (SSSR count). The van der Waals surface area contributed by atoms with Crippen LogP contribution >= 0.6 is 37.5 Å². The summed E-state index contributed by atoms with van der Waals surface area (Å²) in [5.74, 6) is -51.1. The Kier molecular flexibility index (Phi) is 8.92. The molecule has 37 heavy (non-hydrogen) atoms. The van der Waals surface area contributed by atoms with Crippen LogP contribution in [0.3, 0.4) is 0 Å². The molecule has 2 nitrogen and oxygen atoms in total. The van der Waals surface area contributed by atoms with Crippen LogP contribution < -0.4 is 0 Å². The van der Waals surface area contributed by atoms with Crippen molar-refractivity contribution < 1.29 is 61.5 Å². The van der Waals surface area contributed by atoms with E-state index in [0.29, 0.717) is 4.57 Å². The molecule has 0 radical (unpaired) electrons. The van der Waals surface area contributed by atoms with Gasteiger partial charge >= 0.3 is 41.5 Å². The van der Waals surface area contributed by atoms with E-state index in [0.717, 1.165) is 0 Å². The lowest BCUT2D eigenvalue weighted by atomic mass is 9.89. The molecule has 0 aromatic carbocycles. The summed E-state index contributed by atoms with van der Waals surface area (Å²) in [5, 5.41) is -0.428. The number of alkyl halides is 14. The van der Waals surface area contributed by atoms with Crippen LogP contribution in [0.5, 0.6) is 0 Å². The first-order chi connectivity index (χ1) is 15.9. The van der Waals surface area contributed by atoms with E-state index in [2.05, 4.69) is 25.3 Å². The van der Waals surface area contributed by atoms with Crippen molar-refractivity contribution in [1.82, 2.24) is 9.13 Å². The minimum atomic E-state index is -8.07. The Hall–Kier alpha value is -0.850. The molecule has 0 fully saturated rings. The van der Waals surface area contributed by atoms with Gasteiger partial charge in [-0.15, -0.1) is 25.3 Å². The zero-order valence-corrected chi connectivity index (χ0v) is 21.7. The topological polar surface area (TPSA) is 9.86 Å². The normalized spacial score (nSPS) is 15.5. The highest BCUT2D eigenvalue weighted by Gasteiger charge is 2.92. The van der Waals surface area contributed by atoms with Gasteiger partial charge in [-0.25, -0.2) is 0 Å². The molecular formula is C18H20F14N2S3. The second-order valence-corrected chi connectivity index (χ2v) is 10.7. The van der Waals surface area contributed by atoms with Gasteiger partial charge in [0, 0.05) is 26.4 Å². The zero-order chi connectivity index (χ0) is 30.0. The summed E-state index contributed by atoms with van der Waals surface area (Å²) in [6.07, 6.45) is -2.47. The highest BCUT2D eigenvalue weighted by molar-refractivity contribution is 7.83. The van der Waals surface area contributed by atoms with E-state index in [9.17, 15) is 61.5 Å². The Bertz CT molecular complexity index is 1050. The average Bonchev–Trinajstić information content (AvgIpc) is 2.86. The van der Waals surface area contributed by atoms with Crippen molar-refractivity contribution in [2.75, 3.05) is 0 Å². The summed E-state index contributed by atoms with van der Waals surface area (Å²) in [6, 6.07) is 0. The fourth-order valence-corrected chi connectivity index (χ4v) is 3.97. The summed E-state index contributed by atoms with van der Waals surface area (Å²) in [6.45, 7) is 2.65. The third-order valence-corrected chi connectivity index (χ3v) is 6.57. The van der Waals surface area contributed by atoms with Crippen LogP contribution in [0.1, 0.15) is 34.1 Å². The van der Waals surface area contributed by atoms with Crippen molar-refractivity contribution >= 4 is 37.5 Å². The van der Waals surface area contributed by atoms with Crippen molar-refractivity contribution in [3.8, 4) is 0 Å². The Morgan fingerprint density at radius 2 is 0.946 bits per heavy atom. The molecule has 0 unspecified atom stereocenters. The molecule has 0 atom stereocenters. The zero-order valence-electron chi connectivity index (χ0n) is 19.1. The second kappa shape index (κ2) is 9.66. The van der Waals surface area contributed by atoms with Crippen LogP contribution in [0, 0.1) is 10.2 Å². The first-order valence-electron chi connectivity index (χ1n) is 9.78. The SMILES string of the molecule is CC(C)(C)Cn1c(S)c(S)n(CCC(F)(F)C(F)(F)C(F)(F)C(F)(F)C(F)(F)C(F)(F)C(C)(F)F)c1=S. The molecule has 0 saturated heterocycles. The molecule has 1 heterocycles. The quantitative estimate of drug-likeness (QED) is 0.151. The molecule has 0 bridgehead atoms.